The Kier molecular flexibility index (Phi) is 5.94. The highest BCUT2D eigenvalue weighted by Crippen LogP contribution is 2.25. The monoisotopic (exact) mass is 364 g/mol. The molecule has 1 saturated heterocycles. The van der Waals surface area contributed by atoms with Gasteiger partial charge in [-0.1, -0.05) is 48.0 Å². The molecule has 1 aliphatic heterocycles. The summed E-state index contributed by atoms with van der Waals surface area (Å²) in [5, 5.41) is 3.12. The fourth-order valence-corrected chi connectivity index (χ4v) is 3.88. The summed E-state index contributed by atoms with van der Waals surface area (Å²) in [7, 11) is 0. The number of aryl methyl sites for hydroxylation is 3. The number of anilines is 1. The molecule has 0 aliphatic carbocycles. The lowest BCUT2D eigenvalue weighted by molar-refractivity contribution is -0.133. The third-order valence-corrected chi connectivity index (χ3v) is 5.34. The standard InChI is InChI=1S/C23H28N2O2/c1-16-13-17(2)22(18(3)14-16)24-23(27)20-9-11-25(12-10-20)21(26)15-19-7-5-4-6-8-19/h4-8,13-14,20H,9-12,15H2,1-3H3,(H,24,27). The Morgan fingerprint density at radius 1 is 1.00 bits per heavy atom. The first-order valence-corrected chi connectivity index (χ1v) is 9.64. The first kappa shape index (κ1) is 19.2. The van der Waals surface area contributed by atoms with Gasteiger partial charge >= 0.3 is 0 Å². The van der Waals surface area contributed by atoms with Crippen LogP contribution in [-0.4, -0.2) is 29.8 Å². The smallest absolute Gasteiger partial charge is 0.227 e. The Labute approximate surface area is 161 Å². The van der Waals surface area contributed by atoms with Gasteiger partial charge in [-0.25, -0.2) is 0 Å². The van der Waals surface area contributed by atoms with Crippen LogP contribution in [-0.2, 0) is 16.0 Å². The van der Waals surface area contributed by atoms with Gasteiger partial charge in [0.2, 0.25) is 11.8 Å². The van der Waals surface area contributed by atoms with E-state index in [-0.39, 0.29) is 17.7 Å². The molecule has 27 heavy (non-hydrogen) atoms. The maximum Gasteiger partial charge on any atom is 0.227 e. The van der Waals surface area contributed by atoms with E-state index in [4.69, 9.17) is 0 Å². The van der Waals surface area contributed by atoms with Crippen molar-refractivity contribution >= 4 is 17.5 Å². The third-order valence-electron chi connectivity index (χ3n) is 5.34. The summed E-state index contributed by atoms with van der Waals surface area (Å²) in [4.78, 5) is 27.1. The first-order valence-electron chi connectivity index (χ1n) is 9.64. The number of nitrogens with zero attached hydrogens (tertiary/aromatic N) is 1. The highest BCUT2D eigenvalue weighted by Gasteiger charge is 2.27. The number of amides is 2. The number of likely N-dealkylation sites (tertiary alicyclic amines) is 1. The lowest BCUT2D eigenvalue weighted by Gasteiger charge is -2.31. The molecule has 0 bridgehead atoms. The van der Waals surface area contributed by atoms with E-state index in [0.717, 1.165) is 35.2 Å². The Balaban J connectivity index is 1.54. The van der Waals surface area contributed by atoms with Crippen LogP contribution in [0, 0.1) is 26.7 Å². The second-order valence-electron chi connectivity index (χ2n) is 7.58. The molecule has 4 heteroatoms. The lowest BCUT2D eigenvalue weighted by atomic mass is 9.94. The van der Waals surface area contributed by atoms with Gasteiger partial charge in [0.1, 0.15) is 0 Å². The van der Waals surface area contributed by atoms with Crippen molar-refractivity contribution in [2.45, 2.75) is 40.0 Å². The fourth-order valence-electron chi connectivity index (χ4n) is 3.88. The van der Waals surface area contributed by atoms with E-state index < -0.39 is 0 Å². The van der Waals surface area contributed by atoms with Gasteiger partial charge in [-0.2, -0.15) is 0 Å². The van der Waals surface area contributed by atoms with Crippen molar-refractivity contribution in [3.8, 4) is 0 Å². The molecule has 2 aromatic carbocycles. The summed E-state index contributed by atoms with van der Waals surface area (Å²) in [5.74, 6) is 0.177. The second-order valence-corrected chi connectivity index (χ2v) is 7.58. The van der Waals surface area contributed by atoms with Crippen LogP contribution in [0.25, 0.3) is 0 Å². The molecule has 1 aliphatic rings. The molecule has 0 atom stereocenters. The zero-order valence-electron chi connectivity index (χ0n) is 16.4. The van der Waals surface area contributed by atoms with E-state index in [1.165, 1.54) is 5.56 Å². The van der Waals surface area contributed by atoms with Crippen molar-refractivity contribution in [1.82, 2.24) is 4.90 Å². The van der Waals surface area contributed by atoms with Crippen molar-refractivity contribution in [2.75, 3.05) is 18.4 Å². The number of hydrogen-bond donors (Lipinski definition) is 1. The third kappa shape index (κ3) is 4.76. The Morgan fingerprint density at radius 2 is 1.59 bits per heavy atom. The zero-order valence-corrected chi connectivity index (χ0v) is 16.4. The minimum atomic E-state index is -0.0362. The molecule has 3 rings (SSSR count). The lowest BCUT2D eigenvalue weighted by Crippen LogP contribution is -2.42. The maximum atomic E-state index is 12.7. The summed E-state index contributed by atoms with van der Waals surface area (Å²) in [5.41, 5.74) is 5.35. The molecular weight excluding hydrogens is 336 g/mol. The molecule has 0 unspecified atom stereocenters. The molecule has 4 nitrogen and oxygen atoms in total. The van der Waals surface area contributed by atoms with Crippen molar-refractivity contribution in [3.63, 3.8) is 0 Å². The predicted octanol–water partition coefficient (Wildman–Crippen LogP) is 4.03. The van der Waals surface area contributed by atoms with Gasteiger partial charge in [-0.15, -0.1) is 0 Å². The Hall–Kier alpha value is -2.62. The molecule has 1 fully saturated rings. The minimum absolute atomic E-state index is 0.0362. The van der Waals surface area contributed by atoms with Crippen molar-refractivity contribution in [3.05, 3.63) is 64.7 Å². The molecular formula is C23H28N2O2. The first-order chi connectivity index (χ1) is 12.9. The highest BCUT2D eigenvalue weighted by atomic mass is 16.2. The van der Waals surface area contributed by atoms with Crippen molar-refractivity contribution in [2.24, 2.45) is 5.92 Å². The molecule has 2 amide bonds. The van der Waals surface area contributed by atoms with Crippen LogP contribution >= 0.6 is 0 Å². The van der Waals surface area contributed by atoms with Crippen LogP contribution in [0.5, 0.6) is 0 Å². The minimum Gasteiger partial charge on any atom is -0.342 e. The number of piperidine rings is 1. The SMILES string of the molecule is Cc1cc(C)c(NC(=O)C2CCN(C(=O)Cc3ccccc3)CC2)c(C)c1. The molecule has 0 aromatic heterocycles. The van der Waals surface area contributed by atoms with E-state index in [0.29, 0.717) is 19.5 Å². The van der Waals surface area contributed by atoms with E-state index in [1.54, 1.807) is 0 Å². The summed E-state index contributed by atoms with van der Waals surface area (Å²) in [6, 6.07) is 14.0. The summed E-state index contributed by atoms with van der Waals surface area (Å²) >= 11 is 0. The van der Waals surface area contributed by atoms with Gasteiger partial charge in [0.25, 0.3) is 0 Å². The van der Waals surface area contributed by atoms with E-state index in [9.17, 15) is 9.59 Å². The second kappa shape index (κ2) is 8.38. The average molecular weight is 364 g/mol. The van der Waals surface area contributed by atoms with Crippen LogP contribution in [0.2, 0.25) is 0 Å². The number of nitrogens with one attached hydrogen (secondary N) is 1. The van der Waals surface area contributed by atoms with E-state index in [2.05, 4.69) is 24.4 Å². The van der Waals surface area contributed by atoms with Gasteiger partial charge in [0, 0.05) is 24.7 Å². The quantitative estimate of drug-likeness (QED) is 0.890. The van der Waals surface area contributed by atoms with Crippen LogP contribution < -0.4 is 5.32 Å². The van der Waals surface area contributed by atoms with Gasteiger partial charge in [0.05, 0.1) is 6.42 Å². The van der Waals surface area contributed by atoms with Crippen LogP contribution in [0.3, 0.4) is 0 Å². The molecule has 142 valence electrons. The van der Waals surface area contributed by atoms with Gasteiger partial charge in [-0.05, 0) is 50.3 Å². The van der Waals surface area contributed by atoms with E-state index >= 15 is 0 Å². The maximum absolute atomic E-state index is 12.7. The number of benzene rings is 2. The molecule has 1 N–H and O–H groups in total. The molecule has 0 radical (unpaired) electrons. The average Bonchev–Trinajstić information content (AvgIpc) is 2.65. The van der Waals surface area contributed by atoms with Crippen LogP contribution in [0.1, 0.15) is 35.1 Å². The van der Waals surface area contributed by atoms with Gasteiger partial charge in [-0.3, -0.25) is 9.59 Å². The summed E-state index contributed by atoms with van der Waals surface area (Å²) < 4.78 is 0. The van der Waals surface area contributed by atoms with E-state index in [1.807, 2.05) is 49.1 Å². The summed E-state index contributed by atoms with van der Waals surface area (Å²) in [6.07, 6.45) is 1.87. The normalized spacial score (nSPS) is 14.9. The van der Waals surface area contributed by atoms with Crippen LogP contribution in [0.15, 0.2) is 42.5 Å². The van der Waals surface area contributed by atoms with Crippen LogP contribution in [0.4, 0.5) is 5.69 Å². The van der Waals surface area contributed by atoms with Crippen molar-refractivity contribution in [1.29, 1.82) is 0 Å². The topological polar surface area (TPSA) is 49.4 Å². The number of hydrogen-bond acceptors (Lipinski definition) is 2. The molecule has 2 aromatic rings. The largest absolute Gasteiger partial charge is 0.342 e. The van der Waals surface area contributed by atoms with Gasteiger partial charge < -0.3 is 10.2 Å². The zero-order chi connectivity index (χ0) is 19.4. The molecule has 0 saturated carbocycles. The number of rotatable bonds is 4. The Morgan fingerprint density at radius 3 is 2.19 bits per heavy atom. The number of carbonyl (C=O) groups excluding carboxylic acids is 2. The number of carbonyl (C=O) groups is 2. The highest BCUT2D eigenvalue weighted by molar-refractivity contribution is 5.94. The summed E-state index contributed by atoms with van der Waals surface area (Å²) in [6.45, 7) is 7.42. The fraction of sp³-hybridized carbons (Fsp3) is 0.391. The van der Waals surface area contributed by atoms with Gasteiger partial charge in [0.15, 0.2) is 0 Å². The Bertz CT molecular complexity index is 799. The van der Waals surface area contributed by atoms with Crippen molar-refractivity contribution < 1.29 is 9.59 Å². The predicted molar refractivity (Wildman–Crippen MR) is 109 cm³/mol. The molecule has 0 spiro atoms. The molecule has 1 heterocycles.